The summed E-state index contributed by atoms with van der Waals surface area (Å²) < 4.78 is 0. The molecule has 94 valence electrons. The van der Waals surface area contributed by atoms with E-state index in [1.165, 1.54) is 0 Å². The number of nitrogen functional groups attached to an aromatic ring is 1. The average molecular weight is 304 g/mol. The summed E-state index contributed by atoms with van der Waals surface area (Å²) in [5.74, 6) is 0.317. The zero-order valence-electron chi connectivity index (χ0n) is 9.12. The first-order chi connectivity index (χ1) is 8.54. The van der Waals surface area contributed by atoms with Crippen LogP contribution in [0.1, 0.15) is 5.69 Å². The molecule has 0 unspecified atom stereocenters. The van der Waals surface area contributed by atoms with Crippen LogP contribution in [0, 0.1) is 0 Å². The highest BCUT2D eigenvalue weighted by Crippen LogP contribution is 2.40. The SMILES string of the molecule is Nc1ccc(-c2c(Cl)ccc(Cl)c2Cl)c(CO)n1. The van der Waals surface area contributed by atoms with Crippen LogP contribution in [0.3, 0.4) is 0 Å². The number of hydrogen-bond acceptors (Lipinski definition) is 3. The van der Waals surface area contributed by atoms with Crippen LogP contribution in [0.5, 0.6) is 0 Å². The highest BCUT2D eigenvalue weighted by molar-refractivity contribution is 6.46. The predicted molar refractivity (Wildman–Crippen MR) is 75.0 cm³/mol. The largest absolute Gasteiger partial charge is 0.390 e. The van der Waals surface area contributed by atoms with Gasteiger partial charge < -0.3 is 10.8 Å². The van der Waals surface area contributed by atoms with Crippen LogP contribution >= 0.6 is 34.8 Å². The van der Waals surface area contributed by atoms with Crippen LogP contribution in [0.25, 0.3) is 11.1 Å². The van der Waals surface area contributed by atoms with E-state index in [2.05, 4.69) is 4.98 Å². The maximum absolute atomic E-state index is 9.32. The van der Waals surface area contributed by atoms with E-state index in [1.807, 2.05) is 0 Å². The lowest BCUT2D eigenvalue weighted by molar-refractivity contribution is 0.277. The molecule has 0 aliphatic rings. The summed E-state index contributed by atoms with van der Waals surface area (Å²) in [6.07, 6.45) is 0. The second kappa shape index (κ2) is 5.33. The molecule has 2 aromatic rings. The van der Waals surface area contributed by atoms with Gasteiger partial charge in [-0.3, -0.25) is 0 Å². The van der Waals surface area contributed by atoms with Gasteiger partial charge in [0.2, 0.25) is 0 Å². The van der Waals surface area contributed by atoms with Gasteiger partial charge in [-0.1, -0.05) is 34.8 Å². The van der Waals surface area contributed by atoms with Gasteiger partial charge in [0.05, 0.1) is 27.4 Å². The maximum atomic E-state index is 9.32. The molecule has 6 heteroatoms. The highest BCUT2D eigenvalue weighted by Gasteiger charge is 2.15. The van der Waals surface area contributed by atoms with E-state index in [0.717, 1.165) is 0 Å². The standard InChI is InChI=1S/C12H9Cl3N2O/c13-7-2-3-8(14)12(15)11(7)6-1-4-10(16)17-9(6)5-18/h1-4,18H,5H2,(H2,16,17). The van der Waals surface area contributed by atoms with Gasteiger partial charge in [0.1, 0.15) is 5.82 Å². The minimum atomic E-state index is -0.264. The van der Waals surface area contributed by atoms with Gasteiger partial charge >= 0.3 is 0 Å². The van der Waals surface area contributed by atoms with Crippen molar-refractivity contribution in [1.82, 2.24) is 4.98 Å². The first-order valence-electron chi connectivity index (χ1n) is 5.04. The maximum Gasteiger partial charge on any atom is 0.123 e. The Morgan fingerprint density at radius 2 is 1.72 bits per heavy atom. The third-order valence-electron chi connectivity index (χ3n) is 2.46. The van der Waals surface area contributed by atoms with E-state index >= 15 is 0 Å². The van der Waals surface area contributed by atoms with Gasteiger partial charge in [-0.2, -0.15) is 0 Å². The minimum absolute atomic E-state index is 0.264. The fourth-order valence-corrected chi connectivity index (χ4v) is 2.37. The Kier molecular flexibility index (Phi) is 3.97. The van der Waals surface area contributed by atoms with E-state index in [1.54, 1.807) is 24.3 Å². The van der Waals surface area contributed by atoms with Gasteiger partial charge in [-0.15, -0.1) is 0 Å². The fourth-order valence-electron chi connectivity index (χ4n) is 1.64. The first kappa shape index (κ1) is 13.4. The van der Waals surface area contributed by atoms with E-state index in [4.69, 9.17) is 40.5 Å². The van der Waals surface area contributed by atoms with Gasteiger partial charge in [0.15, 0.2) is 0 Å². The molecule has 0 fully saturated rings. The quantitative estimate of drug-likeness (QED) is 0.830. The summed E-state index contributed by atoms with van der Waals surface area (Å²) in [5, 5.41) is 10.5. The lowest BCUT2D eigenvalue weighted by atomic mass is 10.0. The normalized spacial score (nSPS) is 10.7. The second-order valence-electron chi connectivity index (χ2n) is 3.61. The zero-order valence-corrected chi connectivity index (χ0v) is 11.4. The van der Waals surface area contributed by atoms with Crippen molar-refractivity contribution in [1.29, 1.82) is 0 Å². The third-order valence-corrected chi connectivity index (χ3v) is 3.58. The van der Waals surface area contributed by atoms with Crippen molar-refractivity contribution in [2.75, 3.05) is 5.73 Å². The molecule has 0 saturated heterocycles. The third kappa shape index (κ3) is 2.40. The number of rotatable bonds is 2. The van der Waals surface area contributed by atoms with Crippen molar-refractivity contribution < 1.29 is 5.11 Å². The van der Waals surface area contributed by atoms with E-state index in [0.29, 0.717) is 37.7 Å². The number of aliphatic hydroxyl groups excluding tert-OH is 1. The number of benzene rings is 1. The van der Waals surface area contributed by atoms with Crippen LogP contribution in [-0.2, 0) is 6.61 Å². The topological polar surface area (TPSA) is 59.1 Å². The fraction of sp³-hybridized carbons (Fsp3) is 0.0833. The summed E-state index contributed by atoms with van der Waals surface area (Å²) in [6, 6.07) is 6.57. The second-order valence-corrected chi connectivity index (χ2v) is 4.80. The van der Waals surface area contributed by atoms with Crippen LogP contribution < -0.4 is 5.73 Å². The monoisotopic (exact) mass is 302 g/mol. The molecule has 0 spiro atoms. The van der Waals surface area contributed by atoms with Gasteiger partial charge in [0, 0.05) is 11.1 Å². The molecule has 0 radical (unpaired) electrons. The summed E-state index contributed by atoms with van der Waals surface area (Å²) in [4.78, 5) is 4.05. The van der Waals surface area contributed by atoms with Crippen molar-refractivity contribution in [3.8, 4) is 11.1 Å². The number of aromatic nitrogens is 1. The van der Waals surface area contributed by atoms with Crippen LogP contribution in [-0.4, -0.2) is 10.1 Å². The number of nitrogens with two attached hydrogens (primary N) is 1. The molecule has 2 rings (SSSR count). The van der Waals surface area contributed by atoms with Gasteiger partial charge in [-0.05, 0) is 24.3 Å². The molecule has 0 aliphatic carbocycles. The molecular weight excluding hydrogens is 295 g/mol. The number of anilines is 1. The summed E-state index contributed by atoms with van der Waals surface area (Å²) in [6.45, 7) is -0.264. The Morgan fingerprint density at radius 1 is 1.06 bits per heavy atom. The van der Waals surface area contributed by atoms with Crippen molar-refractivity contribution >= 4 is 40.6 Å². The van der Waals surface area contributed by atoms with Crippen LogP contribution in [0.15, 0.2) is 24.3 Å². The molecule has 1 heterocycles. The highest BCUT2D eigenvalue weighted by atomic mass is 35.5. The van der Waals surface area contributed by atoms with Gasteiger partial charge in [0.25, 0.3) is 0 Å². The summed E-state index contributed by atoms with van der Waals surface area (Å²) in [7, 11) is 0. The Bertz CT molecular complexity index is 602. The number of pyridine rings is 1. The molecule has 0 atom stereocenters. The van der Waals surface area contributed by atoms with Crippen molar-refractivity contribution in [2.24, 2.45) is 0 Å². The Balaban J connectivity index is 2.73. The smallest absolute Gasteiger partial charge is 0.123 e. The van der Waals surface area contributed by atoms with E-state index < -0.39 is 0 Å². The molecule has 0 aliphatic heterocycles. The lowest BCUT2D eigenvalue weighted by Crippen LogP contribution is -1.99. The van der Waals surface area contributed by atoms with Crippen molar-refractivity contribution in [2.45, 2.75) is 6.61 Å². The molecule has 0 saturated carbocycles. The number of hydrogen-bond donors (Lipinski definition) is 2. The molecule has 0 amide bonds. The van der Waals surface area contributed by atoms with E-state index in [9.17, 15) is 5.11 Å². The summed E-state index contributed by atoms with van der Waals surface area (Å²) in [5.41, 5.74) is 7.14. The van der Waals surface area contributed by atoms with Crippen molar-refractivity contribution in [3.05, 3.63) is 45.0 Å². The lowest BCUT2D eigenvalue weighted by Gasteiger charge is -2.12. The Hall–Kier alpha value is -1.00. The number of nitrogens with zero attached hydrogens (tertiary/aromatic N) is 1. The molecule has 1 aromatic carbocycles. The zero-order chi connectivity index (χ0) is 13.3. The molecule has 3 nitrogen and oxygen atoms in total. The first-order valence-corrected chi connectivity index (χ1v) is 6.18. The van der Waals surface area contributed by atoms with E-state index in [-0.39, 0.29) is 6.61 Å². The Labute approximate surface area is 119 Å². The number of aliphatic hydroxyl groups is 1. The van der Waals surface area contributed by atoms with Crippen molar-refractivity contribution in [3.63, 3.8) is 0 Å². The minimum Gasteiger partial charge on any atom is -0.390 e. The molecule has 18 heavy (non-hydrogen) atoms. The van der Waals surface area contributed by atoms with Crippen LogP contribution in [0.2, 0.25) is 15.1 Å². The molecule has 3 N–H and O–H groups in total. The molecule has 0 bridgehead atoms. The average Bonchev–Trinajstić information content (AvgIpc) is 2.36. The summed E-state index contributed by atoms with van der Waals surface area (Å²) >= 11 is 18.2. The number of halogens is 3. The van der Waals surface area contributed by atoms with Crippen LogP contribution in [0.4, 0.5) is 5.82 Å². The van der Waals surface area contributed by atoms with Gasteiger partial charge in [-0.25, -0.2) is 4.98 Å². The predicted octanol–water partition coefficient (Wildman–Crippen LogP) is 3.78. The molecular formula is C12H9Cl3N2O. The Morgan fingerprint density at radius 3 is 2.39 bits per heavy atom. The molecule has 1 aromatic heterocycles.